The maximum absolute atomic E-state index is 13.8. The number of benzene rings is 1. The van der Waals surface area contributed by atoms with Crippen molar-refractivity contribution >= 4 is 35.8 Å². The molecule has 10 heteroatoms. The molecule has 1 aromatic carbocycles. The Morgan fingerprint density at radius 1 is 1.31 bits per heavy atom. The molecule has 1 saturated heterocycles. The average molecular weight is 516 g/mol. The Labute approximate surface area is 186 Å². The molecule has 1 aromatic heterocycles. The fourth-order valence-corrected chi connectivity index (χ4v) is 3.21. The number of hydrogen-bond acceptors (Lipinski definition) is 5. The second-order valence-corrected chi connectivity index (χ2v) is 6.61. The van der Waals surface area contributed by atoms with Gasteiger partial charge in [-0.05, 0) is 6.07 Å². The molecule has 0 aliphatic carbocycles. The molecule has 2 N–H and O–H groups in total. The van der Waals surface area contributed by atoms with Crippen LogP contribution in [0.5, 0.6) is 0 Å². The molecular formula is C19H26FIN6O2. The van der Waals surface area contributed by atoms with Crippen molar-refractivity contribution in [3.8, 4) is 0 Å². The van der Waals surface area contributed by atoms with E-state index < -0.39 is 11.9 Å². The fourth-order valence-electron chi connectivity index (χ4n) is 3.21. The monoisotopic (exact) mass is 516 g/mol. The first-order valence-corrected chi connectivity index (χ1v) is 9.16. The van der Waals surface area contributed by atoms with Crippen molar-refractivity contribution in [1.82, 2.24) is 19.8 Å². The second kappa shape index (κ2) is 10.5. The molecule has 2 aromatic rings. The molecule has 1 unspecified atom stereocenters. The van der Waals surface area contributed by atoms with Gasteiger partial charge in [0.15, 0.2) is 11.8 Å². The van der Waals surface area contributed by atoms with Gasteiger partial charge in [0.1, 0.15) is 5.82 Å². The first-order chi connectivity index (χ1) is 13.5. The van der Waals surface area contributed by atoms with E-state index in [0.717, 1.165) is 0 Å². The summed E-state index contributed by atoms with van der Waals surface area (Å²) in [4.78, 5) is 24.7. The number of guanidine groups is 1. The maximum atomic E-state index is 13.8. The molecule has 0 spiro atoms. The standard InChI is InChI=1S/C19H25FN6O2.HI/c1-21-19(23-13-16(27)14-5-3-4-6-15(14)20)26-11-9-25(10-12-26)17-18(28)24(2)8-7-22-17;/h3-8,16,27H,9-13H2,1-2H3,(H,21,23);1H. The lowest BCUT2D eigenvalue weighted by atomic mass is 10.1. The largest absolute Gasteiger partial charge is 0.386 e. The number of piperazine rings is 1. The second-order valence-electron chi connectivity index (χ2n) is 6.61. The van der Waals surface area contributed by atoms with E-state index >= 15 is 0 Å². The maximum Gasteiger partial charge on any atom is 0.293 e. The van der Waals surface area contributed by atoms with Gasteiger partial charge in [-0.3, -0.25) is 9.79 Å². The number of aryl methyl sites for hydroxylation is 1. The third-order valence-electron chi connectivity index (χ3n) is 4.81. The average Bonchev–Trinajstić information content (AvgIpc) is 2.71. The van der Waals surface area contributed by atoms with E-state index in [-0.39, 0.29) is 41.6 Å². The van der Waals surface area contributed by atoms with Crippen molar-refractivity contribution in [1.29, 1.82) is 0 Å². The lowest BCUT2D eigenvalue weighted by molar-refractivity contribution is 0.174. The minimum Gasteiger partial charge on any atom is -0.386 e. The lowest BCUT2D eigenvalue weighted by Crippen LogP contribution is -2.54. The number of hydrogen-bond donors (Lipinski definition) is 2. The van der Waals surface area contributed by atoms with Gasteiger partial charge in [-0.1, -0.05) is 18.2 Å². The van der Waals surface area contributed by atoms with Gasteiger partial charge in [-0.25, -0.2) is 9.37 Å². The highest BCUT2D eigenvalue weighted by Crippen LogP contribution is 2.16. The molecule has 1 fully saturated rings. The zero-order valence-electron chi connectivity index (χ0n) is 16.5. The molecular weight excluding hydrogens is 490 g/mol. The van der Waals surface area contributed by atoms with Crippen LogP contribution < -0.4 is 15.8 Å². The number of halogens is 2. The summed E-state index contributed by atoms with van der Waals surface area (Å²) in [7, 11) is 3.37. The van der Waals surface area contributed by atoms with E-state index in [0.29, 0.717) is 38.0 Å². The predicted molar refractivity (Wildman–Crippen MR) is 121 cm³/mol. The minimum atomic E-state index is -0.976. The van der Waals surface area contributed by atoms with Gasteiger partial charge in [0.2, 0.25) is 0 Å². The van der Waals surface area contributed by atoms with Crippen LogP contribution in [-0.4, -0.2) is 65.3 Å². The molecule has 8 nitrogen and oxygen atoms in total. The summed E-state index contributed by atoms with van der Waals surface area (Å²) in [5.74, 6) is 0.642. The van der Waals surface area contributed by atoms with E-state index in [1.807, 2.05) is 9.80 Å². The smallest absolute Gasteiger partial charge is 0.293 e. The minimum absolute atomic E-state index is 0. The first-order valence-electron chi connectivity index (χ1n) is 9.16. The summed E-state index contributed by atoms with van der Waals surface area (Å²) in [5.41, 5.74) is 0.132. The summed E-state index contributed by atoms with van der Waals surface area (Å²) >= 11 is 0. The van der Waals surface area contributed by atoms with Crippen LogP contribution in [0.4, 0.5) is 10.2 Å². The fraction of sp³-hybridized carbons (Fsp3) is 0.421. The quantitative estimate of drug-likeness (QED) is 0.358. The van der Waals surface area contributed by atoms with Crippen LogP contribution in [0.15, 0.2) is 46.4 Å². The first kappa shape index (κ1) is 23.1. The Morgan fingerprint density at radius 3 is 2.66 bits per heavy atom. The highest BCUT2D eigenvalue weighted by Gasteiger charge is 2.23. The van der Waals surface area contributed by atoms with Gasteiger partial charge in [-0.2, -0.15) is 0 Å². The highest BCUT2D eigenvalue weighted by atomic mass is 127. The van der Waals surface area contributed by atoms with E-state index in [4.69, 9.17) is 0 Å². The Kier molecular flexibility index (Phi) is 8.38. The van der Waals surface area contributed by atoms with Gasteiger partial charge in [-0.15, -0.1) is 24.0 Å². The molecule has 0 bridgehead atoms. The van der Waals surface area contributed by atoms with Gasteiger partial charge >= 0.3 is 0 Å². The molecule has 0 amide bonds. The normalized spacial score (nSPS) is 15.7. The highest BCUT2D eigenvalue weighted by molar-refractivity contribution is 14.0. The van der Waals surface area contributed by atoms with Crippen LogP contribution >= 0.6 is 24.0 Å². The Bertz CT molecular complexity index is 898. The molecule has 1 aliphatic heterocycles. The molecule has 0 radical (unpaired) electrons. The SMILES string of the molecule is CN=C(NCC(O)c1ccccc1F)N1CCN(c2nccn(C)c2=O)CC1.I. The number of aromatic nitrogens is 2. The van der Waals surface area contributed by atoms with Crippen molar-refractivity contribution in [3.05, 3.63) is 58.4 Å². The summed E-state index contributed by atoms with van der Waals surface area (Å²) in [6, 6.07) is 6.18. The Morgan fingerprint density at radius 2 is 2.00 bits per heavy atom. The molecule has 1 aliphatic rings. The summed E-state index contributed by atoms with van der Waals surface area (Å²) in [6.45, 7) is 2.70. The van der Waals surface area contributed by atoms with Crippen molar-refractivity contribution in [2.24, 2.45) is 12.0 Å². The van der Waals surface area contributed by atoms with Crippen LogP contribution in [0.25, 0.3) is 0 Å². The number of nitrogens with zero attached hydrogens (tertiary/aromatic N) is 5. The van der Waals surface area contributed by atoms with Crippen LogP contribution in [0.1, 0.15) is 11.7 Å². The van der Waals surface area contributed by atoms with Crippen molar-refractivity contribution in [3.63, 3.8) is 0 Å². The summed E-state index contributed by atoms with van der Waals surface area (Å²) in [5, 5.41) is 13.4. The zero-order valence-corrected chi connectivity index (χ0v) is 18.8. The van der Waals surface area contributed by atoms with Gasteiger partial charge in [0.25, 0.3) is 5.56 Å². The molecule has 1 atom stereocenters. The number of aliphatic hydroxyl groups excluding tert-OH is 1. The van der Waals surface area contributed by atoms with E-state index in [1.54, 1.807) is 44.7 Å². The molecule has 158 valence electrons. The van der Waals surface area contributed by atoms with E-state index in [2.05, 4.69) is 15.3 Å². The molecule has 3 rings (SSSR count). The van der Waals surface area contributed by atoms with Gasteiger partial charge in [0, 0.05) is 64.8 Å². The van der Waals surface area contributed by atoms with E-state index in [9.17, 15) is 14.3 Å². The van der Waals surface area contributed by atoms with Crippen LogP contribution in [-0.2, 0) is 7.05 Å². The Hall–Kier alpha value is -2.21. The van der Waals surface area contributed by atoms with Gasteiger partial charge < -0.3 is 24.8 Å². The number of aliphatic hydroxyl groups is 1. The van der Waals surface area contributed by atoms with Crippen molar-refractivity contribution in [2.75, 3.05) is 44.7 Å². The number of nitrogens with one attached hydrogen (secondary N) is 1. The summed E-state index contributed by atoms with van der Waals surface area (Å²) < 4.78 is 15.3. The zero-order chi connectivity index (χ0) is 20.1. The predicted octanol–water partition coefficient (Wildman–Crippen LogP) is 0.968. The molecule has 29 heavy (non-hydrogen) atoms. The van der Waals surface area contributed by atoms with Crippen molar-refractivity contribution in [2.45, 2.75) is 6.10 Å². The summed E-state index contributed by atoms with van der Waals surface area (Å²) in [6.07, 6.45) is 2.28. The number of anilines is 1. The van der Waals surface area contributed by atoms with Gasteiger partial charge in [0.05, 0.1) is 6.10 Å². The van der Waals surface area contributed by atoms with Crippen molar-refractivity contribution < 1.29 is 9.50 Å². The van der Waals surface area contributed by atoms with Crippen LogP contribution in [0.3, 0.4) is 0 Å². The molecule has 2 heterocycles. The Balaban J connectivity index is 0.00000300. The third-order valence-corrected chi connectivity index (χ3v) is 4.81. The third kappa shape index (κ3) is 5.44. The lowest BCUT2D eigenvalue weighted by Gasteiger charge is -2.36. The van der Waals surface area contributed by atoms with Crippen LogP contribution in [0, 0.1) is 5.82 Å². The van der Waals surface area contributed by atoms with Crippen LogP contribution in [0.2, 0.25) is 0 Å². The molecule has 0 saturated carbocycles. The topological polar surface area (TPSA) is 86.0 Å². The number of rotatable bonds is 4. The van der Waals surface area contributed by atoms with E-state index in [1.165, 1.54) is 10.6 Å². The number of aliphatic imine (C=N–C) groups is 1.